The SMILES string of the molecule is CCCCCCCCCCCCCCCCCCC(=O)OC[C@@H](COC(=O)CCCCCCCCCCCCCCCCC(C)CC)OC(=O)CCCCCCCCC(C)C. The van der Waals surface area contributed by atoms with Gasteiger partial charge in [-0.15, -0.1) is 0 Å². The molecule has 0 saturated heterocycles. The number of hydrogen-bond donors (Lipinski definition) is 0. The molecule has 0 aliphatic heterocycles. The van der Waals surface area contributed by atoms with E-state index in [9.17, 15) is 14.4 Å². The van der Waals surface area contributed by atoms with Gasteiger partial charge in [-0.25, -0.2) is 0 Å². The van der Waals surface area contributed by atoms with Crippen molar-refractivity contribution in [3.05, 3.63) is 0 Å². The molecule has 0 aliphatic carbocycles. The Balaban J connectivity index is 4.21. The van der Waals surface area contributed by atoms with Gasteiger partial charge in [0.25, 0.3) is 0 Å². The van der Waals surface area contributed by atoms with Crippen LogP contribution in [0.4, 0.5) is 0 Å². The number of carbonyl (C=O) groups is 3. The molecule has 0 fully saturated rings. The fourth-order valence-corrected chi connectivity index (χ4v) is 8.31. The lowest BCUT2D eigenvalue weighted by Gasteiger charge is -2.18. The summed E-state index contributed by atoms with van der Waals surface area (Å²) in [5.41, 5.74) is 0. The summed E-state index contributed by atoms with van der Waals surface area (Å²) in [6.07, 6.45) is 49.6. The molecule has 1 unspecified atom stereocenters. The first-order valence-corrected chi connectivity index (χ1v) is 27.3. The molecule has 0 radical (unpaired) electrons. The summed E-state index contributed by atoms with van der Waals surface area (Å²) in [5.74, 6) is 0.805. The molecule has 0 rings (SSSR count). The standard InChI is InChI=1S/C55H106O6/c1-6-8-9-10-11-12-13-14-15-16-20-23-26-29-35-40-45-53(56)59-48-52(61-55(58)47-42-37-32-31-33-38-43-50(3)4)49-60-54(57)46-41-36-30-27-24-21-18-17-19-22-25-28-34-39-44-51(5)7-2/h50-52H,6-49H2,1-5H3/t51?,52-/m0/s1. The van der Waals surface area contributed by atoms with Gasteiger partial charge >= 0.3 is 17.9 Å². The lowest BCUT2D eigenvalue weighted by Crippen LogP contribution is -2.30. The molecular formula is C55H106O6. The number of hydrogen-bond acceptors (Lipinski definition) is 6. The number of carbonyl (C=O) groups excluding carboxylic acids is 3. The Bertz CT molecular complexity index is 933. The van der Waals surface area contributed by atoms with Gasteiger partial charge in [0.2, 0.25) is 0 Å². The summed E-state index contributed by atoms with van der Waals surface area (Å²) in [4.78, 5) is 37.9. The summed E-state index contributed by atoms with van der Waals surface area (Å²) < 4.78 is 16.8. The molecule has 362 valence electrons. The highest BCUT2D eigenvalue weighted by atomic mass is 16.6. The second-order valence-electron chi connectivity index (χ2n) is 19.6. The van der Waals surface area contributed by atoms with Crippen molar-refractivity contribution in [1.29, 1.82) is 0 Å². The average Bonchev–Trinajstić information content (AvgIpc) is 3.24. The number of ether oxygens (including phenoxy) is 3. The van der Waals surface area contributed by atoms with E-state index in [0.717, 1.165) is 69.6 Å². The van der Waals surface area contributed by atoms with E-state index in [4.69, 9.17) is 14.2 Å². The van der Waals surface area contributed by atoms with E-state index in [1.807, 2.05) is 0 Å². The zero-order valence-corrected chi connectivity index (χ0v) is 41.8. The zero-order chi connectivity index (χ0) is 44.7. The molecule has 0 aromatic carbocycles. The molecule has 0 amide bonds. The maximum atomic E-state index is 12.7. The second-order valence-corrected chi connectivity index (χ2v) is 19.6. The smallest absolute Gasteiger partial charge is 0.306 e. The first-order chi connectivity index (χ1) is 29.8. The first kappa shape index (κ1) is 59.4. The van der Waals surface area contributed by atoms with Crippen molar-refractivity contribution in [2.75, 3.05) is 13.2 Å². The van der Waals surface area contributed by atoms with Gasteiger partial charge in [-0.3, -0.25) is 14.4 Å². The minimum Gasteiger partial charge on any atom is -0.462 e. The van der Waals surface area contributed by atoms with Crippen LogP contribution in [0.1, 0.15) is 304 Å². The Morgan fingerprint density at radius 3 is 0.934 bits per heavy atom. The third kappa shape index (κ3) is 47.7. The largest absolute Gasteiger partial charge is 0.462 e. The molecule has 0 N–H and O–H groups in total. The van der Waals surface area contributed by atoms with Crippen LogP contribution < -0.4 is 0 Å². The van der Waals surface area contributed by atoms with E-state index in [2.05, 4.69) is 34.6 Å². The molecule has 6 nitrogen and oxygen atoms in total. The van der Waals surface area contributed by atoms with Gasteiger partial charge in [0.1, 0.15) is 13.2 Å². The lowest BCUT2D eigenvalue weighted by molar-refractivity contribution is -0.167. The summed E-state index contributed by atoms with van der Waals surface area (Å²) in [5, 5.41) is 0. The average molecular weight is 863 g/mol. The van der Waals surface area contributed by atoms with Crippen LogP contribution in [-0.4, -0.2) is 37.2 Å². The fraction of sp³-hybridized carbons (Fsp3) is 0.945. The topological polar surface area (TPSA) is 78.9 Å². The molecular weight excluding hydrogens is 757 g/mol. The number of unbranched alkanes of at least 4 members (excludes halogenated alkanes) is 33. The van der Waals surface area contributed by atoms with Gasteiger partial charge in [0.15, 0.2) is 6.10 Å². The third-order valence-electron chi connectivity index (χ3n) is 12.8. The maximum absolute atomic E-state index is 12.7. The molecule has 0 aliphatic rings. The molecule has 61 heavy (non-hydrogen) atoms. The molecule has 6 heteroatoms. The minimum absolute atomic E-state index is 0.0644. The maximum Gasteiger partial charge on any atom is 0.306 e. The van der Waals surface area contributed by atoms with E-state index in [1.165, 1.54) is 193 Å². The van der Waals surface area contributed by atoms with Gasteiger partial charge in [-0.2, -0.15) is 0 Å². The van der Waals surface area contributed by atoms with Gasteiger partial charge in [-0.05, 0) is 31.1 Å². The normalized spacial score (nSPS) is 12.5. The van der Waals surface area contributed by atoms with Gasteiger partial charge in [0, 0.05) is 19.3 Å². The van der Waals surface area contributed by atoms with Crippen molar-refractivity contribution < 1.29 is 28.6 Å². The van der Waals surface area contributed by atoms with Crippen molar-refractivity contribution in [1.82, 2.24) is 0 Å². The van der Waals surface area contributed by atoms with Crippen molar-refractivity contribution in [2.24, 2.45) is 11.8 Å². The molecule has 0 spiro atoms. The molecule has 0 aromatic heterocycles. The first-order valence-electron chi connectivity index (χ1n) is 27.3. The molecule has 2 atom stereocenters. The van der Waals surface area contributed by atoms with Crippen molar-refractivity contribution in [3.63, 3.8) is 0 Å². The highest BCUT2D eigenvalue weighted by molar-refractivity contribution is 5.71. The van der Waals surface area contributed by atoms with Crippen LogP contribution in [0.3, 0.4) is 0 Å². The minimum atomic E-state index is -0.762. The zero-order valence-electron chi connectivity index (χ0n) is 41.8. The van der Waals surface area contributed by atoms with E-state index < -0.39 is 6.10 Å². The highest BCUT2D eigenvalue weighted by Crippen LogP contribution is 2.18. The molecule has 0 heterocycles. The fourth-order valence-electron chi connectivity index (χ4n) is 8.31. The summed E-state index contributed by atoms with van der Waals surface area (Å²) >= 11 is 0. The van der Waals surface area contributed by atoms with E-state index in [1.54, 1.807) is 0 Å². The summed E-state index contributed by atoms with van der Waals surface area (Å²) in [6, 6.07) is 0. The monoisotopic (exact) mass is 863 g/mol. The molecule has 0 aromatic rings. The Kier molecular flexibility index (Phi) is 46.6. The summed E-state index contributed by atoms with van der Waals surface area (Å²) in [6.45, 7) is 11.4. The third-order valence-corrected chi connectivity index (χ3v) is 12.8. The highest BCUT2D eigenvalue weighted by Gasteiger charge is 2.19. The van der Waals surface area contributed by atoms with Gasteiger partial charge in [-0.1, -0.05) is 266 Å². The predicted octanol–water partition coefficient (Wildman–Crippen LogP) is 17.7. The van der Waals surface area contributed by atoms with Crippen LogP contribution in [0.2, 0.25) is 0 Å². The van der Waals surface area contributed by atoms with Gasteiger partial charge in [0.05, 0.1) is 0 Å². The van der Waals surface area contributed by atoms with E-state index in [0.29, 0.717) is 19.3 Å². The molecule has 0 saturated carbocycles. The summed E-state index contributed by atoms with van der Waals surface area (Å²) in [7, 11) is 0. The van der Waals surface area contributed by atoms with Crippen LogP contribution in [0.25, 0.3) is 0 Å². The van der Waals surface area contributed by atoms with Crippen molar-refractivity contribution in [2.45, 2.75) is 310 Å². The van der Waals surface area contributed by atoms with Crippen LogP contribution in [0.5, 0.6) is 0 Å². The van der Waals surface area contributed by atoms with Crippen LogP contribution in [0.15, 0.2) is 0 Å². The van der Waals surface area contributed by atoms with Crippen LogP contribution >= 0.6 is 0 Å². The Labute approximate surface area is 380 Å². The number of esters is 3. The van der Waals surface area contributed by atoms with Gasteiger partial charge < -0.3 is 14.2 Å². The predicted molar refractivity (Wildman–Crippen MR) is 261 cm³/mol. The quantitative estimate of drug-likeness (QED) is 0.0344. The second kappa shape index (κ2) is 47.9. The Hall–Kier alpha value is -1.59. The van der Waals surface area contributed by atoms with Crippen LogP contribution in [0, 0.1) is 11.8 Å². The molecule has 0 bridgehead atoms. The van der Waals surface area contributed by atoms with Crippen LogP contribution in [-0.2, 0) is 28.6 Å². The van der Waals surface area contributed by atoms with Crippen molar-refractivity contribution >= 4 is 17.9 Å². The Morgan fingerprint density at radius 1 is 0.344 bits per heavy atom. The van der Waals surface area contributed by atoms with Crippen molar-refractivity contribution in [3.8, 4) is 0 Å². The number of rotatable bonds is 49. The Morgan fingerprint density at radius 2 is 0.623 bits per heavy atom. The lowest BCUT2D eigenvalue weighted by atomic mass is 9.99. The van der Waals surface area contributed by atoms with E-state index >= 15 is 0 Å². The van der Waals surface area contributed by atoms with E-state index in [-0.39, 0.29) is 31.1 Å².